The molecule has 0 radical (unpaired) electrons. The second kappa shape index (κ2) is 46.7. The first-order valence-corrected chi connectivity index (χ1v) is 15.0. The van der Waals surface area contributed by atoms with Crippen LogP contribution < -0.4 is 15.3 Å². The normalized spacial score (nSPS) is 10.1. The van der Waals surface area contributed by atoms with Crippen molar-refractivity contribution in [2.45, 2.75) is 175 Å². The summed E-state index contributed by atoms with van der Waals surface area (Å²) in [6.07, 6.45) is 30.2. The average molecular weight is 499 g/mol. The molecule has 34 heavy (non-hydrogen) atoms. The van der Waals surface area contributed by atoms with Crippen molar-refractivity contribution in [3.8, 4) is 0 Å². The van der Waals surface area contributed by atoms with Gasteiger partial charge in [0.15, 0.2) is 0 Å². The van der Waals surface area contributed by atoms with E-state index in [4.69, 9.17) is 0 Å². The molecule has 0 aromatic rings. The summed E-state index contributed by atoms with van der Waals surface area (Å²) in [7, 11) is 0. The predicted molar refractivity (Wildman–Crippen MR) is 148 cm³/mol. The van der Waals surface area contributed by atoms with Gasteiger partial charge in [0.25, 0.3) is 0 Å². The third-order valence-corrected chi connectivity index (χ3v) is 5.99. The van der Waals surface area contributed by atoms with E-state index in [0.717, 1.165) is 38.5 Å². The molecule has 0 rings (SSSR count). The van der Waals surface area contributed by atoms with Gasteiger partial charge in [0.05, 0.1) is 0 Å². The number of rotatable bonds is 24. The Kier molecular flexibility index (Phi) is 57.1. The van der Waals surface area contributed by atoms with Crippen LogP contribution in [-0.4, -0.2) is 37.2 Å². The molecule has 0 saturated heterocycles. The minimum atomic E-state index is 0. The first-order chi connectivity index (χ1) is 16.2. The molecule has 0 amide bonds. The third-order valence-electron chi connectivity index (χ3n) is 5.99. The van der Waals surface area contributed by atoms with E-state index in [2.05, 4.69) is 20.8 Å². The van der Waals surface area contributed by atoms with Crippen LogP contribution in [0.4, 0.5) is 0 Å². The standard InChI is InChI=1S/3C10H21O.Al/c3*1-2-3-4-5-6-7-8-9-10-11;/h3*2-10H2,1H3;/q3*-1;+3. The van der Waals surface area contributed by atoms with Crippen LogP contribution in [0.2, 0.25) is 0 Å². The van der Waals surface area contributed by atoms with Crippen molar-refractivity contribution in [1.82, 2.24) is 0 Å². The van der Waals surface area contributed by atoms with Gasteiger partial charge in [-0.25, -0.2) is 0 Å². The zero-order valence-corrected chi connectivity index (χ0v) is 25.0. The zero-order chi connectivity index (χ0) is 25.1. The molecule has 0 aliphatic carbocycles. The van der Waals surface area contributed by atoms with E-state index in [-0.39, 0.29) is 37.2 Å². The van der Waals surface area contributed by atoms with Gasteiger partial charge in [0.1, 0.15) is 0 Å². The molecule has 0 saturated carbocycles. The Morgan fingerprint density at radius 3 is 0.559 bits per heavy atom. The van der Waals surface area contributed by atoms with E-state index in [9.17, 15) is 15.3 Å². The summed E-state index contributed by atoms with van der Waals surface area (Å²) in [5.41, 5.74) is 0. The summed E-state index contributed by atoms with van der Waals surface area (Å²) >= 11 is 0. The third kappa shape index (κ3) is 53.7. The van der Waals surface area contributed by atoms with Gasteiger partial charge in [-0.15, -0.1) is 19.8 Å². The van der Waals surface area contributed by atoms with Gasteiger partial charge in [-0.05, 0) is 0 Å². The minimum absolute atomic E-state index is 0. The molecule has 204 valence electrons. The smallest absolute Gasteiger partial charge is 0.854 e. The first kappa shape index (κ1) is 41.5. The monoisotopic (exact) mass is 498 g/mol. The van der Waals surface area contributed by atoms with Crippen LogP contribution in [-0.2, 0) is 0 Å². The van der Waals surface area contributed by atoms with Gasteiger partial charge in [0.2, 0.25) is 0 Å². The molecule has 0 spiro atoms. The molecule has 0 aromatic heterocycles. The van der Waals surface area contributed by atoms with Crippen molar-refractivity contribution >= 4 is 17.4 Å². The first-order valence-electron chi connectivity index (χ1n) is 15.0. The summed E-state index contributed by atoms with van der Waals surface area (Å²) in [4.78, 5) is 0. The van der Waals surface area contributed by atoms with E-state index < -0.39 is 0 Å². The Morgan fingerprint density at radius 2 is 0.412 bits per heavy atom. The van der Waals surface area contributed by atoms with Crippen LogP contribution in [0, 0.1) is 0 Å². The van der Waals surface area contributed by atoms with Crippen LogP contribution in [0.5, 0.6) is 0 Å². The van der Waals surface area contributed by atoms with Gasteiger partial charge in [-0.1, -0.05) is 175 Å². The Bertz CT molecular complexity index is 211. The van der Waals surface area contributed by atoms with Crippen LogP contribution in [0.15, 0.2) is 0 Å². The van der Waals surface area contributed by atoms with Gasteiger partial charge in [-0.3, -0.25) is 0 Å². The summed E-state index contributed by atoms with van der Waals surface area (Å²) in [5.74, 6) is 0. The number of unbranched alkanes of at least 4 members (excludes halogenated alkanes) is 21. The molecule has 0 aliphatic heterocycles. The molecule has 4 heteroatoms. The molecule has 0 fully saturated rings. The molecule has 0 aliphatic rings. The maximum Gasteiger partial charge on any atom is 3.00 e. The summed E-state index contributed by atoms with van der Waals surface area (Å²) in [6, 6.07) is 0. The van der Waals surface area contributed by atoms with Crippen molar-refractivity contribution < 1.29 is 15.3 Å². The largest absolute Gasteiger partial charge is 3.00 e. The molecule has 3 nitrogen and oxygen atoms in total. The van der Waals surface area contributed by atoms with Gasteiger partial charge >= 0.3 is 17.4 Å². The minimum Gasteiger partial charge on any atom is -0.854 e. The van der Waals surface area contributed by atoms with Crippen LogP contribution in [0.25, 0.3) is 0 Å². The average Bonchev–Trinajstić information content (AvgIpc) is 2.83. The molecule has 0 bridgehead atoms. The van der Waals surface area contributed by atoms with Crippen molar-refractivity contribution in [3.05, 3.63) is 0 Å². The molecule has 0 unspecified atom stereocenters. The maximum absolute atomic E-state index is 10.1. The van der Waals surface area contributed by atoms with Crippen molar-refractivity contribution in [1.29, 1.82) is 0 Å². The fourth-order valence-corrected chi connectivity index (χ4v) is 3.71. The number of hydrogen-bond donors (Lipinski definition) is 0. The van der Waals surface area contributed by atoms with Crippen LogP contribution in [0.3, 0.4) is 0 Å². The molecular formula is C30H63AlO3. The van der Waals surface area contributed by atoms with E-state index in [0.29, 0.717) is 0 Å². The van der Waals surface area contributed by atoms with Crippen LogP contribution in [0.1, 0.15) is 175 Å². The van der Waals surface area contributed by atoms with Gasteiger partial charge < -0.3 is 15.3 Å². The van der Waals surface area contributed by atoms with E-state index in [1.54, 1.807) is 0 Å². The Morgan fingerprint density at radius 1 is 0.265 bits per heavy atom. The SMILES string of the molecule is CCCCCCCCCC[O-].CCCCCCCCCC[O-].CCCCCCCCCC[O-].[Al+3]. The molecule has 0 heterocycles. The molecule has 0 N–H and O–H groups in total. The Hall–Kier alpha value is 0.412. The quantitative estimate of drug-likeness (QED) is 0.105. The summed E-state index contributed by atoms with van der Waals surface area (Å²) < 4.78 is 0. The second-order valence-corrected chi connectivity index (χ2v) is 9.54. The van der Waals surface area contributed by atoms with Crippen molar-refractivity contribution in [2.24, 2.45) is 0 Å². The van der Waals surface area contributed by atoms with Crippen LogP contribution >= 0.6 is 0 Å². The summed E-state index contributed by atoms with van der Waals surface area (Å²) in [5, 5.41) is 30.2. The zero-order valence-electron chi connectivity index (χ0n) is 23.9. The Labute approximate surface area is 227 Å². The number of hydrogen-bond acceptors (Lipinski definition) is 3. The van der Waals surface area contributed by atoms with Gasteiger partial charge in [0, 0.05) is 0 Å². The molecular weight excluding hydrogens is 435 g/mol. The van der Waals surface area contributed by atoms with Crippen molar-refractivity contribution in [3.63, 3.8) is 0 Å². The van der Waals surface area contributed by atoms with E-state index in [1.165, 1.54) is 116 Å². The van der Waals surface area contributed by atoms with E-state index >= 15 is 0 Å². The Balaban J connectivity index is -0.000000196. The molecule has 0 aromatic carbocycles. The predicted octanol–water partition coefficient (Wildman–Crippen LogP) is 7.08. The summed E-state index contributed by atoms with van der Waals surface area (Å²) in [6.45, 7) is 7.06. The van der Waals surface area contributed by atoms with Crippen molar-refractivity contribution in [2.75, 3.05) is 19.8 Å². The maximum atomic E-state index is 10.1. The second-order valence-electron chi connectivity index (χ2n) is 9.54. The van der Waals surface area contributed by atoms with Gasteiger partial charge in [-0.2, -0.15) is 0 Å². The fraction of sp³-hybridized carbons (Fsp3) is 1.00. The topological polar surface area (TPSA) is 69.2 Å². The fourth-order valence-electron chi connectivity index (χ4n) is 3.71. The van der Waals surface area contributed by atoms with E-state index in [1.807, 2.05) is 0 Å². The molecule has 0 atom stereocenters.